The van der Waals surface area contributed by atoms with Crippen molar-refractivity contribution in [3.63, 3.8) is 0 Å². The lowest BCUT2D eigenvalue weighted by molar-refractivity contribution is -0.368. The number of hydrogen-bond acceptors (Lipinski definition) is 11. The lowest BCUT2D eigenvalue weighted by Gasteiger charge is -2.52. The molecule has 6 heterocycles. The second-order valence-electron chi connectivity index (χ2n) is 13.6. The number of hydrogen-bond donors (Lipinski definition) is 2. The molecule has 11 heteroatoms. The fraction of sp³-hybridized carbons (Fsp3) is 0.724. The third-order valence-electron chi connectivity index (χ3n) is 10.8. The molecule has 1 aliphatic carbocycles. The van der Waals surface area contributed by atoms with E-state index in [4.69, 9.17) is 23.7 Å². The number of Topliss-reactive ketones (excluding diaryl/α,β-unsaturated/α-hetero) is 1. The van der Waals surface area contributed by atoms with E-state index in [0.29, 0.717) is 5.57 Å². The van der Waals surface area contributed by atoms with Gasteiger partial charge in [0, 0.05) is 22.8 Å². The average molecular weight is 559 g/mol. The zero-order valence-electron chi connectivity index (χ0n) is 23.1. The molecule has 0 aromatic carbocycles. The molecular weight excluding hydrogens is 524 g/mol. The van der Waals surface area contributed by atoms with Gasteiger partial charge in [-0.1, -0.05) is 13.8 Å². The predicted molar refractivity (Wildman–Crippen MR) is 132 cm³/mol. The number of cyclic esters (lactones) is 1. The third kappa shape index (κ3) is 2.80. The number of carbonyl (C=O) groups excluding carboxylic acids is 4. The summed E-state index contributed by atoms with van der Waals surface area (Å²) in [7, 11) is 0. The minimum absolute atomic E-state index is 0.00257. The molecule has 7 rings (SSSR count). The van der Waals surface area contributed by atoms with Gasteiger partial charge in [-0.2, -0.15) is 0 Å². The molecule has 6 fully saturated rings. The Hall–Kier alpha value is -2.60. The van der Waals surface area contributed by atoms with E-state index in [1.807, 2.05) is 13.8 Å². The lowest BCUT2D eigenvalue weighted by atomic mass is 9.65. The Bertz CT molecular complexity index is 1350. The molecule has 10 atom stereocenters. The van der Waals surface area contributed by atoms with Crippen LogP contribution in [0.2, 0.25) is 0 Å². The number of fused-ring (bicyclic) bond motifs is 2. The number of allylic oxidation sites excluding steroid dienone is 2. The standard InChI is InChI=1S/C29H34O11/c1-13(8-15-9-14(2)22(32)36-15)21(31)25(5)6-7-27-20(26(34,12-25)23(33)40-27)16-10-17-24(3,4)38-18-11-19(30)39-28(17,18)29(27,35)37-16/h8-9,13,16-18,20,34-35H,6-7,10-12H2,1-5H3/b15-8+/t13-,16+,17+,18-,20+,25+,26-,27-,28-,29+/m1/s1. The van der Waals surface area contributed by atoms with E-state index in [-0.39, 0.29) is 43.6 Å². The first-order valence-electron chi connectivity index (χ1n) is 14.0. The van der Waals surface area contributed by atoms with Gasteiger partial charge in [-0.15, -0.1) is 0 Å². The highest BCUT2D eigenvalue weighted by Gasteiger charge is 2.92. The van der Waals surface area contributed by atoms with Gasteiger partial charge in [0.15, 0.2) is 11.2 Å². The Morgan fingerprint density at radius 1 is 1.10 bits per heavy atom. The van der Waals surface area contributed by atoms with Crippen LogP contribution in [0.3, 0.4) is 0 Å². The van der Waals surface area contributed by atoms with Crippen molar-refractivity contribution in [3.8, 4) is 0 Å². The SMILES string of the molecule is CC1=C/C(=C\[C@@H](C)C(=O)[C@@]2(C)CC[C@@]34OC(=O)[C@@](O)(C2)[C@@H]3[C@@H]2C[C@H]3C(C)(C)O[C@@H]5CC(=O)O[C@@]53[C@@]4(O)O2)OC1=O. The molecule has 0 amide bonds. The van der Waals surface area contributed by atoms with E-state index >= 15 is 0 Å². The minimum Gasteiger partial charge on any atom is -0.450 e. The van der Waals surface area contributed by atoms with Crippen LogP contribution in [0.5, 0.6) is 0 Å². The van der Waals surface area contributed by atoms with Crippen LogP contribution in [-0.4, -0.2) is 74.3 Å². The molecule has 0 aromatic heterocycles. The van der Waals surface area contributed by atoms with Crippen molar-refractivity contribution in [1.29, 1.82) is 0 Å². The van der Waals surface area contributed by atoms with Crippen LogP contribution < -0.4 is 0 Å². The Kier molecular flexibility index (Phi) is 4.88. The van der Waals surface area contributed by atoms with Crippen LogP contribution in [0.4, 0.5) is 0 Å². The lowest BCUT2D eigenvalue weighted by Crippen LogP contribution is -2.73. The molecule has 40 heavy (non-hydrogen) atoms. The second-order valence-corrected chi connectivity index (χ2v) is 13.6. The molecular formula is C29H34O11. The van der Waals surface area contributed by atoms with Gasteiger partial charge in [0.05, 0.1) is 24.0 Å². The van der Waals surface area contributed by atoms with E-state index in [9.17, 15) is 29.4 Å². The van der Waals surface area contributed by atoms with Gasteiger partial charge in [-0.05, 0) is 58.6 Å². The molecule has 5 saturated heterocycles. The Morgan fingerprint density at radius 2 is 1.82 bits per heavy atom. The number of ketones is 1. The fourth-order valence-electron chi connectivity index (χ4n) is 9.27. The van der Waals surface area contributed by atoms with E-state index in [1.165, 1.54) is 0 Å². The van der Waals surface area contributed by atoms with E-state index in [1.54, 1.807) is 32.9 Å². The van der Waals surface area contributed by atoms with Crippen molar-refractivity contribution in [1.82, 2.24) is 0 Å². The molecule has 11 nitrogen and oxygen atoms in total. The maximum atomic E-state index is 13.9. The molecule has 0 unspecified atom stereocenters. The van der Waals surface area contributed by atoms with Crippen LogP contribution in [0, 0.1) is 23.2 Å². The maximum absolute atomic E-state index is 13.9. The third-order valence-corrected chi connectivity index (χ3v) is 10.8. The van der Waals surface area contributed by atoms with Crippen molar-refractivity contribution >= 4 is 23.7 Å². The summed E-state index contributed by atoms with van der Waals surface area (Å²) in [6, 6.07) is 0. The number of carbonyl (C=O) groups is 4. The van der Waals surface area contributed by atoms with Crippen molar-refractivity contribution in [2.24, 2.45) is 23.2 Å². The topological polar surface area (TPSA) is 155 Å². The Labute approximate surface area is 230 Å². The molecule has 7 aliphatic rings. The number of ether oxygens (including phenoxy) is 5. The van der Waals surface area contributed by atoms with Crippen LogP contribution in [0.1, 0.15) is 66.7 Å². The molecule has 1 saturated carbocycles. The molecule has 216 valence electrons. The second kappa shape index (κ2) is 7.42. The zero-order chi connectivity index (χ0) is 28.8. The summed E-state index contributed by atoms with van der Waals surface area (Å²) >= 11 is 0. The first kappa shape index (κ1) is 26.3. The fourth-order valence-corrected chi connectivity index (χ4v) is 9.27. The highest BCUT2D eigenvalue weighted by molar-refractivity contribution is 5.93. The summed E-state index contributed by atoms with van der Waals surface area (Å²) in [5, 5.41) is 24.7. The van der Waals surface area contributed by atoms with Crippen LogP contribution in [-0.2, 0) is 42.9 Å². The maximum Gasteiger partial charge on any atom is 0.339 e. The number of aliphatic hydroxyl groups is 2. The summed E-state index contributed by atoms with van der Waals surface area (Å²) < 4.78 is 29.7. The molecule has 0 radical (unpaired) electrons. The largest absolute Gasteiger partial charge is 0.450 e. The predicted octanol–water partition coefficient (Wildman–Crippen LogP) is 1.38. The minimum atomic E-state index is -2.29. The van der Waals surface area contributed by atoms with Crippen molar-refractivity contribution in [2.75, 3.05) is 0 Å². The summed E-state index contributed by atoms with van der Waals surface area (Å²) in [6.07, 6.45) is 1.57. The average Bonchev–Trinajstić information content (AvgIpc) is 3.51. The van der Waals surface area contributed by atoms with Gasteiger partial charge in [-0.3, -0.25) is 9.59 Å². The van der Waals surface area contributed by atoms with Gasteiger partial charge >= 0.3 is 17.9 Å². The van der Waals surface area contributed by atoms with Gasteiger partial charge in [0.2, 0.25) is 5.60 Å². The van der Waals surface area contributed by atoms with Crippen LogP contribution >= 0.6 is 0 Å². The highest BCUT2D eigenvalue weighted by Crippen LogP contribution is 2.73. The molecule has 1 spiro atoms. The molecule has 4 bridgehead atoms. The van der Waals surface area contributed by atoms with Crippen molar-refractivity contribution in [3.05, 3.63) is 23.5 Å². The monoisotopic (exact) mass is 558 g/mol. The van der Waals surface area contributed by atoms with E-state index < -0.39 is 81.5 Å². The zero-order valence-corrected chi connectivity index (χ0v) is 23.1. The summed E-state index contributed by atoms with van der Waals surface area (Å²) in [4.78, 5) is 51.9. The number of esters is 3. The van der Waals surface area contributed by atoms with Crippen LogP contribution in [0.25, 0.3) is 0 Å². The summed E-state index contributed by atoms with van der Waals surface area (Å²) in [5.41, 5.74) is -7.07. The first-order valence-corrected chi connectivity index (χ1v) is 14.0. The summed E-state index contributed by atoms with van der Waals surface area (Å²) in [6.45, 7) is 8.74. The molecule has 2 N–H and O–H groups in total. The van der Waals surface area contributed by atoms with Crippen molar-refractivity contribution in [2.45, 2.75) is 107 Å². The van der Waals surface area contributed by atoms with Gasteiger partial charge in [0.1, 0.15) is 17.6 Å². The Balaban J connectivity index is 1.30. The van der Waals surface area contributed by atoms with E-state index in [2.05, 4.69) is 0 Å². The Morgan fingerprint density at radius 3 is 2.50 bits per heavy atom. The van der Waals surface area contributed by atoms with Crippen LogP contribution in [0.15, 0.2) is 23.5 Å². The van der Waals surface area contributed by atoms with Gasteiger partial charge in [0.25, 0.3) is 5.79 Å². The van der Waals surface area contributed by atoms with Crippen molar-refractivity contribution < 1.29 is 53.1 Å². The molecule has 0 aromatic rings. The van der Waals surface area contributed by atoms with E-state index in [0.717, 1.165) is 0 Å². The van der Waals surface area contributed by atoms with Gasteiger partial charge in [-0.25, -0.2) is 9.59 Å². The first-order chi connectivity index (χ1) is 18.5. The normalized spacial score (nSPS) is 51.3. The molecule has 6 aliphatic heterocycles. The smallest absolute Gasteiger partial charge is 0.339 e. The summed E-state index contributed by atoms with van der Waals surface area (Å²) in [5.74, 6) is -6.37. The highest BCUT2D eigenvalue weighted by atomic mass is 16.7. The quantitative estimate of drug-likeness (QED) is 0.381. The van der Waals surface area contributed by atoms with Gasteiger partial charge < -0.3 is 33.9 Å². The number of rotatable bonds is 3.